The van der Waals surface area contributed by atoms with Crippen molar-refractivity contribution in [2.24, 2.45) is 0 Å². The summed E-state index contributed by atoms with van der Waals surface area (Å²) >= 11 is 0. The van der Waals surface area contributed by atoms with Crippen LogP contribution in [-0.4, -0.2) is 42.6 Å². The number of carbonyl (C=O) groups excluding carboxylic acids is 2. The SMILES string of the molecule is CCCC[N+](CCCC)(CCCC)CCCC.O=C([O-])CCCCC(=O)OCc1ccccc1. The topological polar surface area (TPSA) is 66.4 Å². The van der Waals surface area contributed by atoms with E-state index in [4.69, 9.17) is 4.74 Å². The zero-order chi connectivity index (χ0) is 25.5. The molecule has 0 spiro atoms. The molecule has 0 atom stereocenters. The van der Waals surface area contributed by atoms with E-state index in [1.807, 2.05) is 30.3 Å². The van der Waals surface area contributed by atoms with E-state index < -0.39 is 5.97 Å². The zero-order valence-electron chi connectivity index (χ0n) is 22.5. The predicted molar refractivity (Wildman–Crippen MR) is 139 cm³/mol. The van der Waals surface area contributed by atoms with Crippen molar-refractivity contribution in [3.8, 4) is 0 Å². The van der Waals surface area contributed by atoms with E-state index in [0.29, 0.717) is 12.8 Å². The van der Waals surface area contributed by atoms with Crippen molar-refractivity contribution in [2.75, 3.05) is 26.2 Å². The number of aliphatic carboxylic acids is 1. The third-order valence-corrected chi connectivity index (χ3v) is 6.20. The Bertz CT molecular complexity index is 580. The van der Waals surface area contributed by atoms with Crippen LogP contribution in [0.15, 0.2) is 30.3 Å². The van der Waals surface area contributed by atoms with Gasteiger partial charge in [-0.1, -0.05) is 83.7 Å². The van der Waals surface area contributed by atoms with Crippen LogP contribution in [0.25, 0.3) is 0 Å². The number of hydrogen-bond acceptors (Lipinski definition) is 4. The van der Waals surface area contributed by atoms with Crippen LogP contribution in [0, 0.1) is 0 Å². The molecule has 0 bridgehead atoms. The van der Waals surface area contributed by atoms with Gasteiger partial charge in [-0.25, -0.2) is 0 Å². The first-order chi connectivity index (χ1) is 16.4. The van der Waals surface area contributed by atoms with E-state index in [1.54, 1.807) is 0 Å². The second kappa shape index (κ2) is 21.6. The van der Waals surface area contributed by atoms with Gasteiger partial charge in [0.1, 0.15) is 6.61 Å². The zero-order valence-corrected chi connectivity index (χ0v) is 22.5. The van der Waals surface area contributed by atoms with Gasteiger partial charge in [-0.05, 0) is 50.5 Å². The van der Waals surface area contributed by atoms with E-state index >= 15 is 0 Å². The van der Waals surface area contributed by atoms with E-state index in [2.05, 4.69) is 27.7 Å². The lowest BCUT2D eigenvalue weighted by molar-refractivity contribution is -0.929. The van der Waals surface area contributed by atoms with Crippen LogP contribution >= 0.6 is 0 Å². The van der Waals surface area contributed by atoms with E-state index in [0.717, 1.165) is 5.56 Å². The number of nitrogens with zero attached hydrogens (tertiary/aromatic N) is 1. The molecule has 0 radical (unpaired) electrons. The fourth-order valence-electron chi connectivity index (χ4n) is 3.99. The second-order valence-corrected chi connectivity index (χ2v) is 9.38. The molecule has 1 aromatic carbocycles. The average Bonchev–Trinajstić information content (AvgIpc) is 2.85. The summed E-state index contributed by atoms with van der Waals surface area (Å²) in [5.41, 5.74) is 0.940. The predicted octanol–water partition coefficient (Wildman–Crippen LogP) is 6.04. The van der Waals surface area contributed by atoms with Gasteiger partial charge in [-0.15, -0.1) is 0 Å². The third-order valence-electron chi connectivity index (χ3n) is 6.20. The number of quaternary nitrogens is 1. The summed E-state index contributed by atoms with van der Waals surface area (Å²) in [6.07, 6.45) is 12.3. The fourth-order valence-corrected chi connectivity index (χ4v) is 3.99. The van der Waals surface area contributed by atoms with Crippen LogP contribution < -0.4 is 5.11 Å². The van der Waals surface area contributed by atoms with Gasteiger partial charge in [0.2, 0.25) is 0 Å². The van der Waals surface area contributed by atoms with Crippen LogP contribution in [-0.2, 0) is 20.9 Å². The molecule has 0 fully saturated rings. The molecule has 0 unspecified atom stereocenters. The molecule has 5 nitrogen and oxygen atoms in total. The molecule has 34 heavy (non-hydrogen) atoms. The Hall–Kier alpha value is -1.88. The Morgan fingerprint density at radius 1 is 0.706 bits per heavy atom. The Morgan fingerprint density at radius 3 is 1.56 bits per heavy atom. The van der Waals surface area contributed by atoms with Crippen LogP contribution in [0.5, 0.6) is 0 Å². The summed E-state index contributed by atoms with van der Waals surface area (Å²) in [4.78, 5) is 21.4. The van der Waals surface area contributed by atoms with Crippen molar-refractivity contribution in [3.05, 3.63) is 35.9 Å². The molecule has 5 heteroatoms. The number of esters is 1. The Labute approximate surface area is 209 Å². The van der Waals surface area contributed by atoms with E-state index in [9.17, 15) is 14.7 Å². The van der Waals surface area contributed by atoms with Crippen molar-refractivity contribution >= 4 is 11.9 Å². The van der Waals surface area contributed by atoms with Gasteiger partial charge in [-0.2, -0.15) is 0 Å². The molecule has 1 aromatic rings. The smallest absolute Gasteiger partial charge is 0.306 e. The summed E-state index contributed by atoms with van der Waals surface area (Å²) < 4.78 is 6.45. The maximum Gasteiger partial charge on any atom is 0.306 e. The van der Waals surface area contributed by atoms with Gasteiger partial charge in [0, 0.05) is 12.4 Å². The monoisotopic (exact) mass is 477 g/mol. The largest absolute Gasteiger partial charge is 0.550 e. The van der Waals surface area contributed by atoms with Gasteiger partial charge in [0.15, 0.2) is 0 Å². The lowest BCUT2D eigenvalue weighted by Crippen LogP contribution is -2.50. The highest BCUT2D eigenvalue weighted by molar-refractivity contribution is 5.69. The summed E-state index contributed by atoms with van der Waals surface area (Å²) in [5.74, 6) is -1.38. The number of benzene rings is 1. The molecular weight excluding hydrogens is 426 g/mol. The van der Waals surface area contributed by atoms with Gasteiger partial charge in [-0.3, -0.25) is 4.79 Å². The van der Waals surface area contributed by atoms with Gasteiger partial charge < -0.3 is 19.1 Å². The normalized spacial score (nSPS) is 10.9. The fraction of sp³-hybridized carbons (Fsp3) is 0.724. The first kappa shape index (κ1) is 32.1. The van der Waals surface area contributed by atoms with Crippen LogP contribution in [0.4, 0.5) is 0 Å². The van der Waals surface area contributed by atoms with Gasteiger partial charge >= 0.3 is 5.97 Å². The van der Waals surface area contributed by atoms with Crippen LogP contribution in [0.2, 0.25) is 0 Å². The maximum absolute atomic E-state index is 11.3. The van der Waals surface area contributed by atoms with Crippen LogP contribution in [0.3, 0.4) is 0 Å². The summed E-state index contributed by atoms with van der Waals surface area (Å²) in [6.45, 7) is 15.3. The quantitative estimate of drug-likeness (QED) is 0.138. The van der Waals surface area contributed by atoms with Gasteiger partial charge in [0.25, 0.3) is 0 Å². The molecule has 0 aromatic heterocycles. The number of carboxylic acid groups (broad SMARTS) is 1. The standard InChI is InChI=1S/C16H36N.C13H16O4/c1-5-9-13-17(14-10-6-2,15-11-7-3)16-12-8-4;14-12(15)8-4-5-9-13(16)17-10-11-6-2-1-3-7-11/h5-16H2,1-4H3;1-3,6-7H,4-5,8-10H2,(H,14,15)/q+1;/p-1. The first-order valence-electron chi connectivity index (χ1n) is 13.7. The lowest BCUT2D eigenvalue weighted by Gasteiger charge is -2.39. The maximum atomic E-state index is 11.3. The Balaban J connectivity index is 0.000000641. The Morgan fingerprint density at radius 2 is 1.15 bits per heavy atom. The van der Waals surface area contributed by atoms with Crippen molar-refractivity contribution < 1.29 is 23.9 Å². The molecule has 1 rings (SSSR count). The highest BCUT2D eigenvalue weighted by atomic mass is 16.5. The highest BCUT2D eigenvalue weighted by Crippen LogP contribution is 2.16. The summed E-state index contributed by atoms with van der Waals surface area (Å²) in [7, 11) is 0. The molecule has 0 amide bonds. The molecule has 0 aliphatic carbocycles. The lowest BCUT2D eigenvalue weighted by atomic mass is 10.1. The summed E-state index contributed by atoms with van der Waals surface area (Å²) in [5, 5.41) is 10.1. The highest BCUT2D eigenvalue weighted by Gasteiger charge is 2.24. The molecule has 0 N–H and O–H groups in total. The number of carbonyl (C=O) groups is 2. The minimum Gasteiger partial charge on any atom is -0.550 e. The van der Waals surface area contributed by atoms with Crippen molar-refractivity contribution in [1.82, 2.24) is 0 Å². The minimum atomic E-state index is -1.08. The molecular formula is C29H51NO4. The van der Waals surface area contributed by atoms with E-state index in [1.165, 1.54) is 82.0 Å². The van der Waals surface area contributed by atoms with Crippen molar-refractivity contribution in [3.63, 3.8) is 0 Å². The Kier molecular flexibility index (Phi) is 20.4. The molecule has 196 valence electrons. The summed E-state index contributed by atoms with van der Waals surface area (Å²) in [6, 6.07) is 9.41. The molecule has 0 aliphatic heterocycles. The van der Waals surface area contributed by atoms with E-state index in [-0.39, 0.29) is 25.4 Å². The molecule has 0 saturated carbocycles. The van der Waals surface area contributed by atoms with Crippen molar-refractivity contribution in [1.29, 1.82) is 0 Å². The number of rotatable bonds is 19. The van der Waals surface area contributed by atoms with Gasteiger partial charge in [0.05, 0.1) is 26.2 Å². The number of hydrogen-bond donors (Lipinski definition) is 0. The molecule has 0 aliphatic rings. The number of carboxylic acids is 1. The number of unbranched alkanes of at least 4 members (excludes halogenated alkanes) is 5. The first-order valence-corrected chi connectivity index (χ1v) is 13.7. The number of ether oxygens (including phenoxy) is 1. The minimum absolute atomic E-state index is 0.00797. The second-order valence-electron chi connectivity index (χ2n) is 9.38. The molecule has 0 heterocycles. The van der Waals surface area contributed by atoms with Crippen molar-refractivity contribution in [2.45, 2.75) is 111 Å². The average molecular weight is 478 g/mol. The van der Waals surface area contributed by atoms with Crippen LogP contribution in [0.1, 0.15) is 110 Å². The molecule has 0 saturated heterocycles. The third kappa shape index (κ3) is 17.6.